The topological polar surface area (TPSA) is 71.1 Å². The average molecular weight is 375 g/mol. The van der Waals surface area contributed by atoms with E-state index in [9.17, 15) is 14.0 Å². The minimum atomic E-state index is -0.567. The van der Waals surface area contributed by atoms with Crippen molar-refractivity contribution in [2.75, 3.05) is 10.6 Å². The van der Waals surface area contributed by atoms with Gasteiger partial charge in [-0.25, -0.2) is 9.37 Å². The van der Waals surface area contributed by atoms with Crippen molar-refractivity contribution >= 4 is 45.9 Å². The van der Waals surface area contributed by atoms with Crippen LogP contribution in [-0.2, 0) is 4.79 Å². The van der Waals surface area contributed by atoms with Crippen LogP contribution in [-0.4, -0.2) is 16.8 Å². The molecule has 8 heteroatoms. The van der Waals surface area contributed by atoms with Gasteiger partial charge in [0.15, 0.2) is 0 Å². The zero-order valence-corrected chi connectivity index (χ0v) is 15.1. The SMILES string of the molecule is CC(=O)Nc1cc(NC(=O)c2sc(-c3cccs3)nc2C)ccc1F. The number of hydrogen-bond donors (Lipinski definition) is 2. The molecule has 0 aliphatic carbocycles. The highest BCUT2D eigenvalue weighted by Gasteiger charge is 2.17. The molecule has 2 aromatic heterocycles. The van der Waals surface area contributed by atoms with Crippen molar-refractivity contribution < 1.29 is 14.0 Å². The smallest absolute Gasteiger partial charge is 0.267 e. The maximum Gasteiger partial charge on any atom is 0.267 e. The van der Waals surface area contributed by atoms with Crippen LogP contribution in [0.15, 0.2) is 35.7 Å². The number of aryl methyl sites for hydroxylation is 1. The normalized spacial score (nSPS) is 10.5. The predicted molar refractivity (Wildman–Crippen MR) is 98.8 cm³/mol. The summed E-state index contributed by atoms with van der Waals surface area (Å²) in [7, 11) is 0. The van der Waals surface area contributed by atoms with Crippen LogP contribution in [0.2, 0.25) is 0 Å². The summed E-state index contributed by atoms with van der Waals surface area (Å²) in [6.07, 6.45) is 0. The highest BCUT2D eigenvalue weighted by Crippen LogP contribution is 2.31. The average Bonchev–Trinajstić information content (AvgIpc) is 3.19. The maximum atomic E-state index is 13.7. The molecule has 0 spiro atoms. The lowest BCUT2D eigenvalue weighted by atomic mass is 10.2. The van der Waals surface area contributed by atoms with Crippen LogP contribution in [0.3, 0.4) is 0 Å². The van der Waals surface area contributed by atoms with Gasteiger partial charge in [-0.3, -0.25) is 9.59 Å². The highest BCUT2D eigenvalue weighted by atomic mass is 32.1. The third kappa shape index (κ3) is 3.92. The minimum Gasteiger partial charge on any atom is -0.324 e. The number of benzene rings is 1. The summed E-state index contributed by atoms with van der Waals surface area (Å²) in [4.78, 5) is 29.6. The van der Waals surface area contributed by atoms with Crippen LogP contribution < -0.4 is 10.6 Å². The maximum absolute atomic E-state index is 13.7. The predicted octanol–water partition coefficient (Wildman–Crippen LogP) is 4.53. The van der Waals surface area contributed by atoms with E-state index in [0.717, 1.165) is 9.88 Å². The first-order valence-corrected chi connectivity index (χ1v) is 9.03. The van der Waals surface area contributed by atoms with Crippen LogP contribution in [0.5, 0.6) is 0 Å². The third-order valence-electron chi connectivity index (χ3n) is 3.27. The fraction of sp³-hybridized carbons (Fsp3) is 0.118. The Kier molecular flexibility index (Phi) is 4.91. The van der Waals surface area contributed by atoms with Crippen LogP contribution in [0.4, 0.5) is 15.8 Å². The molecule has 0 atom stereocenters. The Morgan fingerprint density at radius 2 is 2.00 bits per heavy atom. The fourth-order valence-corrected chi connectivity index (χ4v) is 3.95. The minimum absolute atomic E-state index is 0.0191. The van der Waals surface area contributed by atoms with E-state index in [2.05, 4.69) is 15.6 Å². The molecule has 0 bridgehead atoms. The summed E-state index contributed by atoms with van der Waals surface area (Å²) < 4.78 is 13.7. The van der Waals surface area contributed by atoms with E-state index in [0.29, 0.717) is 16.3 Å². The number of nitrogens with one attached hydrogen (secondary N) is 2. The van der Waals surface area contributed by atoms with Gasteiger partial charge in [0.05, 0.1) is 16.3 Å². The Balaban J connectivity index is 1.82. The van der Waals surface area contributed by atoms with E-state index in [1.165, 1.54) is 36.5 Å². The second kappa shape index (κ2) is 7.12. The monoisotopic (exact) mass is 375 g/mol. The molecular weight excluding hydrogens is 361 g/mol. The number of thiazole rings is 1. The zero-order valence-electron chi connectivity index (χ0n) is 13.4. The Hall–Kier alpha value is -2.58. The molecule has 0 unspecified atom stereocenters. The second-order valence-corrected chi connectivity index (χ2v) is 7.19. The molecule has 2 N–H and O–H groups in total. The van der Waals surface area contributed by atoms with Crippen LogP contribution in [0.1, 0.15) is 22.3 Å². The molecule has 5 nitrogen and oxygen atoms in total. The van der Waals surface area contributed by atoms with E-state index < -0.39 is 5.82 Å². The Bertz CT molecular complexity index is 936. The fourth-order valence-electron chi connectivity index (χ4n) is 2.19. The number of carbonyl (C=O) groups is 2. The van der Waals surface area contributed by atoms with Crippen molar-refractivity contribution in [1.82, 2.24) is 4.98 Å². The number of nitrogens with zero attached hydrogens (tertiary/aromatic N) is 1. The molecule has 1 aromatic carbocycles. The van der Waals surface area contributed by atoms with Gasteiger partial charge in [0.25, 0.3) is 5.91 Å². The number of halogens is 1. The van der Waals surface area contributed by atoms with Gasteiger partial charge >= 0.3 is 0 Å². The Morgan fingerprint density at radius 1 is 1.20 bits per heavy atom. The summed E-state index contributed by atoms with van der Waals surface area (Å²) in [6, 6.07) is 7.89. The largest absolute Gasteiger partial charge is 0.324 e. The van der Waals surface area contributed by atoms with Crippen molar-refractivity contribution in [3.8, 4) is 9.88 Å². The molecule has 0 aliphatic heterocycles. The Morgan fingerprint density at radius 3 is 2.68 bits per heavy atom. The molecule has 3 aromatic rings. The van der Waals surface area contributed by atoms with E-state index >= 15 is 0 Å². The molecular formula is C17H14FN3O2S2. The third-order valence-corrected chi connectivity index (χ3v) is 5.46. The van der Waals surface area contributed by atoms with Gasteiger partial charge < -0.3 is 10.6 Å². The van der Waals surface area contributed by atoms with Gasteiger partial charge in [-0.1, -0.05) is 6.07 Å². The van der Waals surface area contributed by atoms with Gasteiger partial charge in [0.2, 0.25) is 5.91 Å². The number of carbonyl (C=O) groups excluding carboxylic acids is 2. The van der Waals surface area contributed by atoms with Crippen molar-refractivity contribution in [2.45, 2.75) is 13.8 Å². The lowest BCUT2D eigenvalue weighted by Gasteiger charge is -2.08. The van der Waals surface area contributed by atoms with E-state index in [4.69, 9.17) is 0 Å². The summed E-state index contributed by atoms with van der Waals surface area (Å²) in [5, 5.41) is 7.84. The molecule has 0 radical (unpaired) electrons. The number of amides is 2. The number of hydrogen-bond acceptors (Lipinski definition) is 5. The van der Waals surface area contributed by atoms with E-state index in [1.54, 1.807) is 18.3 Å². The van der Waals surface area contributed by atoms with Gasteiger partial charge in [0.1, 0.15) is 15.7 Å². The number of anilines is 2. The van der Waals surface area contributed by atoms with Gasteiger partial charge in [0, 0.05) is 12.6 Å². The zero-order chi connectivity index (χ0) is 18.0. The molecule has 0 aliphatic rings. The first-order valence-electron chi connectivity index (χ1n) is 7.34. The number of thiophene rings is 1. The first-order chi connectivity index (χ1) is 11.9. The van der Waals surface area contributed by atoms with Crippen LogP contribution in [0.25, 0.3) is 9.88 Å². The Labute approximate surface area is 151 Å². The van der Waals surface area contributed by atoms with Crippen LogP contribution in [0, 0.1) is 12.7 Å². The van der Waals surface area contributed by atoms with E-state index in [1.807, 2.05) is 17.5 Å². The van der Waals surface area contributed by atoms with Crippen LogP contribution >= 0.6 is 22.7 Å². The lowest BCUT2D eigenvalue weighted by Crippen LogP contribution is -2.13. The molecule has 128 valence electrons. The number of rotatable bonds is 4. The number of aromatic nitrogens is 1. The quantitative estimate of drug-likeness (QED) is 0.704. The summed E-state index contributed by atoms with van der Waals surface area (Å²) in [5.74, 6) is -1.28. The van der Waals surface area contributed by atoms with Crippen molar-refractivity contribution in [3.05, 3.63) is 52.1 Å². The van der Waals surface area contributed by atoms with Gasteiger partial charge in [-0.15, -0.1) is 22.7 Å². The molecule has 0 saturated heterocycles. The van der Waals surface area contributed by atoms with E-state index in [-0.39, 0.29) is 17.5 Å². The standard InChI is InChI=1S/C17H14FN3O2S2/c1-9-15(25-17(19-9)14-4-3-7-24-14)16(23)21-11-5-6-12(18)13(8-11)20-10(2)22/h3-8H,1-2H3,(H,20,22)(H,21,23). The summed E-state index contributed by atoms with van der Waals surface area (Å²) in [6.45, 7) is 3.06. The van der Waals surface area contributed by atoms with Crippen molar-refractivity contribution in [1.29, 1.82) is 0 Å². The lowest BCUT2D eigenvalue weighted by molar-refractivity contribution is -0.114. The van der Waals surface area contributed by atoms with Gasteiger partial charge in [-0.2, -0.15) is 0 Å². The molecule has 2 heterocycles. The summed E-state index contributed by atoms with van der Waals surface area (Å²) >= 11 is 2.86. The highest BCUT2D eigenvalue weighted by molar-refractivity contribution is 7.22. The molecule has 2 amide bonds. The van der Waals surface area contributed by atoms with Gasteiger partial charge in [-0.05, 0) is 36.6 Å². The molecule has 3 rings (SSSR count). The summed E-state index contributed by atoms with van der Waals surface area (Å²) in [5.41, 5.74) is 1.04. The van der Waals surface area contributed by atoms with Crippen molar-refractivity contribution in [2.24, 2.45) is 0 Å². The molecule has 0 saturated carbocycles. The second-order valence-electron chi connectivity index (χ2n) is 5.24. The molecule has 25 heavy (non-hydrogen) atoms. The van der Waals surface area contributed by atoms with Crippen molar-refractivity contribution in [3.63, 3.8) is 0 Å². The first kappa shape index (κ1) is 17.2. The molecule has 0 fully saturated rings.